The third-order valence-electron chi connectivity index (χ3n) is 2.55. The first-order chi connectivity index (χ1) is 9.10. The smallest absolute Gasteiger partial charge is 0.265 e. The molecule has 7 nitrogen and oxygen atoms in total. The lowest BCUT2D eigenvalue weighted by Gasteiger charge is -2.03. The lowest BCUT2D eigenvalue weighted by atomic mass is 10.4. The summed E-state index contributed by atoms with van der Waals surface area (Å²) in [5.41, 5.74) is 5.70. The predicted molar refractivity (Wildman–Crippen MR) is 74.2 cm³/mol. The van der Waals surface area contributed by atoms with Gasteiger partial charge in [0.1, 0.15) is 10.7 Å². The van der Waals surface area contributed by atoms with Gasteiger partial charge in [-0.2, -0.15) is 0 Å². The summed E-state index contributed by atoms with van der Waals surface area (Å²) < 4.78 is 0. The van der Waals surface area contributed by atoms with Gasteiger partial charge in [0.15, 0.2) is 5.13 Å². The number of carbonyl (C=O) groups excluding carboxylic acids is 2. The Bertz CT molecular complexity index is 483. The van der Waals surface area contributed by atoms with E-state index in [4.69, 9.17) is 5.73 Å². The fourth-order valence-electron chi connectivity index (χ4n) is 1.46. The van der Waals surface area contributed by atoms with Crippen LogP contribution in [0, 0.1) is 0 Å². The molecule has 1 aliphatic carbocycles. The van der Waals surface area contributed by atoms with Gasteiger partial charge in [-0.1, -0.05) is 11.3 Å². The Hall–Kier alpha value is -1.83. The highest BCUT2D eigenvalue weighted by atomic mass is 32.1. The van der Waals surface area contributed by atoms with Gasteiger partial charge in [-0.05, 0) is 19.8 Å². The van der Waals surface area contributed by atoms with Crippen molar-refractivity contribution < 1.29 is 9.59 Å². The van der Waals surface area contributed by atoms with Crippen molar-refractivity contribution in [2.45, 2.75) is 25.8 Å². The third-order valence-corrected chi connectivity index (χ3v) is 3.55. The first kappa shape index (κ1) is 13.6. The first-order valence-electron chi connectivity index (χ1n) is 6.18. The molecule has 1 fully saturated rings. The van der Waals surface area contributed by atoms with Crippen molar-refractivity contribution in [1.82, 2.24) is 15.6 Å². The van der Waals surface area contributed by atoms with Crippen LogP contribution < -0.4 is 21.7 Å². The van der Waals surface area contributed by atoms with E-state index in [1.807, 2.05) is 6.92 Å². The first-order valence-corrected chi connectivity index (χ1v) is 6.99. The molecule has 2 rings (SSSR count). The molecule has 19 heavy (non-hydrogen) atoms. The van der Waals surface area contributed by atoms with Gasteiger partial charge in [-0.15, -0.1) is 0 Å². The van der Waals surface area contributed by atoms with Gasteiger partial charge in [0.2, 0.25) is 5.91 Å². The second kappa shape index (κ2) is 5.87. The Morgan fingerprint density at radius 3 is 2.79 bits per heavy atom. The number of nitrogens with one attached hydrogen (secondary N) is 3. The predicted octanol–water partition coefficient (Wildman–Crippen LogP) is 0.165. The van der Waals surface area contributed by atoms with Crippen molar-refractivity contribution in [2.24, 2.45) is 0 Å². The number of carbonyl (C=O) groups is 2. The van der Waals surface area contributed by atoms with E-state index in [2.05, 4.69) is 20.9 Å². The van der Waals surface area contributed by atoms with Gasteiger partial charge in [0.25, 0.3) is 5.91 Å². The molecular weight excluding hydrogens is 266 g/mol. The Morgan fingerprint density at radius 1 is 1.42 bits per heavy atom. The molecule has 0 unspecified atom stereocenters. The maximum absolute atomic E-state index is 11.9. The molecule has 0 saturated heterocycles. The number of anilines is 2. The Kier molecular flexibility index (Phi) is 4.20. The van der Waals surface area contributed by atoms with Gasteiger partial charge in [0, 0.05) is 12.6 Å². The summed E-state index contributed by atoms with van der Waals surface area (Å²) in [7, 11) is 0. The zero-order valence-corrected chi connectivity index (χ0v) is 11.5. The molecule has 2 amide bonds. The fraction of sp³-hybridized carbons (Fsp3) is 0.545. The van der Waals surface area contributed by atoms with Crippen molar-refractivity contribution in [3.63, 3.8) is 0 Å². The minimum Gasteiger partial charge on any atom is -0.382 e. The average molecular weight is 283 g/mol. The fourth-order valence-corrected chi connectivity index (χ4v) is 2.34. The molecule has 1 heterocycles. The standard InChI is InChI=1S/C11H17N5O2S/c1-2-13-7(17)5-14-10(18)8-9(12)16-11(19-8)15-6-3-4-6/h6H,2-5,12H2,1H3,(H,13,17)(H,14,18)(H,15,16). The van der Waals surface area contributed by atoms with E-state index in [-0.39, 0.29) is 24.2 Å². The van der Waals surface area contributed by atoms with Crippen LogP contribution in [0.2, 0.25) is 0 Å². The number of hydrogen-bond donors (Lipinski definition) is 4. The molecule has 0 bridgehead atoms. The number of nitrogens with zero attached hydrogens (tertiary/aromatic N) is 1. The quantitative estimate of drug-likeness (QED) is 0.595. The monoisotopic (exact) mass is 283 g/mol. The molecule has 104 valence electrons. The van der Waals surface area contributed by atoms with Gasteiger partial charge in [-0.3, -0.25) is 9.59 Å². The summed E-state index contributed by atoms with van der Waals surface area (Å²) in [5.74, 6) is -0.401. The molecule has 1 aromatic rings. The molecule has 1 aromatic heterocycles. The van der Waals surface area contributed by atoms with Crippen LogP contribution in [0.3, 0.4) is 0 Å². The van der Waals surface area contributed by atoms with Crippen molar-refractivity contribution in [3.05, 3.63) is 4.88 Å². The van der Waals surface area contributed by atoms with E-state index in [9.17, 15) is 9.59 Å². The molecular formula is C11H17N5O2S. The van der Waals surface area contributed by atoms with Crippen molar-refractivity contribution >= 4 is 34.1 Å². The minimum atomic E-state index is -0.370. The number of thiazole rings is 1. The molecule has 0 aliphatic heterocycles. The highest BCUT2D eigenvalue weighted by Crippen LogP contribution is 2.30. The molecule has 8 heteroatoms. The SMILES string of the molecule is CCNC(=O)CNC(=O)c1sc(NC2CC2)nc1N. The highest BCUT2D eigenvalue weighted by Gasteiger charge is 2.24. The van der Waals surface area contributed by atoms with E-state index in [0.29, 0.717) is 22.6 Å². The zero-order valence-electron chi connectivity index (χ0n) is 10.7. The average Bonchev–Trinajstić information content (AvgIpc) is 3.09. The van der Waals surface area contributed by atoms with Crippen LogP contribution in [-0.4, -0.2) is 35.9 Å². The van der Waals surface area contributed by atoms with Crippen molar-refractivity contribution in [1.29, 1.82) is 0 Å². The number of nitrogens with two attached hydrogens (primary N) is 1. The Balaban J connectivity index is 1.90. The van der Waals surface area contributed by atoms with E-state index >= 15 is 0 Å². The molecule has 0 atom stereocenters. The molecule has 1 aliphatic rings. The summed E-state index contributed by atoms with van der Waals surface area (Å²) in [6.45, 7) is 2.29. The van der Waals surface area contributed by atoms with Gasteiger partial charge >= 0.3 is 0 Å². The number of likely N-dealkylation sites (N-methyl/N-ethyl adjacent to an activating group) is 1. The maximum Gasteiger partial charge on any atom is 0.265 e. The van der Waals surface area contributed by atoms with Gasteiger partial charge in [-0.25, -0.2) is 4.98 Å². The normalized spacial score (nSPS) is 13.9. The number of amides is 2. The van der Waals surface area contributed by atoms with Crippen LogP contribution in [0.25, 0.3) is 0 Å². The summed E-state index contributed by atoms with van der Waals surface area (Å²) in [4.78, 5) is 27.5. The van der Waals surface area contributed by atoms with Gasteiger partial charge < -0.3 is 21.7 Å². The summed E-state index contributed by atoms with van der Waals surface area (Å²) >= 11 is 1.21. The van der Waals surface area contributed by atoms with Crippen LogP contribution in [0.4, 0.5) is 10.9 Å². The second-order valence-corrected chi connectivity index (χ2v) is 5.29. The van der Waals surface area contributed by atoms with E-state index in [1.54, 1.807) is 0 Å². The topological polar surface area (TPSA) is 109 Å². The molecule has 5 N–H and O–H groups in total. The molecule has 1 saturated carbocycles. The number of rotatable bonds is 6. The van der Waals surface area contributed by atoms with Crippen molar-refractivity contribution in [2.75, 3.05) is 24.1 Å². The Labute approximate surface area is 115 Å². The summed E-state index contributed by atoms with van der Waals surface area (Å²) in [6.07, 6.45) is 2.25. The molecule has 0 radical (unpaired) electrons. The Morgan fingerprint density at radius 2 is 2.16 bits per heavy atom. The molecule has 0 aromatic carbocycles. The van der Waals surface area contributed by atoms with Crippen LogP contribution in [0.5, 0.6) is 0 Å². The van der Waals surface area contributed by atoms with E-state index < -0.39 is 0 Å². The zero-order chi connectivity index (χ0) is 13.8. The largest absolute Gasteiger partial charge is 0.382 e. The third kappa shape index (κ3) is 3.82. The van der Waals surface area contributed by atoms with E-state index in [1.165, 1.54) is 11.3 Å². The van der Waals surface area contributed by atoms with Crippen molar-refractivity contribution in [3.8, 4) is 0 Å². The lowest BCUT2D eigenvalue weighted by Crippen LogP contribution is -2.36. The second-order valence-electron chi connectivity index (χ2n) is 4.29. The minimum absolute atomic E-state index is 0.0601. The lowest BCUT2D eigenvalue weighted by molar-refractivity contribution is -0.120. The number of aromatic nitrogens is 1. The number of nitrogen functional groups attached to an aromatic ring is 1. The van der Waals surface area contributed by atoms with Crippen LogP contribution in [0.15, 0.2) is 0 Å². The summed E-state index contributed by atoms with van der Waals surface area (Å²) in [6, 6.07) is 0.455. The summed E-state index contributed by atoms with van der Waals surface area (Å²) in [5, 5.41) is 8.96. The van der Waals surface area contributed by atoms with Gasteiger partial charge in [0.05, 0.1) is 6.54 Å². The number of hydrogen-bond acceptors (Lipinski definition) is 6. The maximum atomic E-state index is 11.9. The van der Waals surface area contributed by atoms with E-state index in [0.717, 1.165) is 12.8 Å². The van der Waals surface area contributed by atoms with Crippen LogP contribution in [-0.2, 0) is 4.79 Å². The van der Waals surface area contributed by atoms with Crippen LogP contribution in [0.1, 0.15) is 29.4 Å². The molecule has 0 spiro atoms. The van der Waals surface area contributed by atoms with Crippen LogP contribution >= 0.6 is 11.3 Å². The highest BCUT2D eigenvalue weighted by molar-refractivity contribution is 7.18.